The van der Waals surface area contributed by atoms with E-state index < -0.39 is 11.7 Å². The van der Waals surface area contributed by atoms with Crippen molar-refractivity contribution in [2.75, 3.05) is 0 Å². The molecule has 0 saturated heterocycles. The van der Waals surface area contributed by atoms with Gasteiger partial charge < -0.3 is 4.74 Å². The van der Waals surface area contributed by atoms with Crippen LogP contribution in [0.2, 0.25) is 0 Å². The highest BCUT2D eigenvalue weighted by Gasteiger charge is 2.33. The minimum Gasteiger partial charge on any atom is -0.488 e. The molecule has 0 aliphatic carbocycles. The molecule has 0 saturated carbocycles. The second kappa shape index (κ2) is 3.40. The summed E-state index contributed by atoms with van der Waals surface area (Å²) < 4.78 is 43.0. The molecule has 1 aromatic rings. The molecular weight excluding hydrogens is 217 g/mol. The zero-order valence-electron chi connectivity index (χ0n) is 9.19. The summed E-state index contributed by atoms with van der Waals surface area (Å²) in [5, 5.41) is 0. The lowest BCUT2D eigenvalue weighted by Crippen LogP contribution is -2.32. The Hall–Kier alpha value is -1.19. The molecule has 16 heavy (non-hydrogen) atoms. The van der Waals surface area contributed by atoms with Gasteiger partial charge in [-0.15, -0.1) is 0 Å². The highest BCUT2D eigenvalue weighted by Crippen LogP contribution is 2.38. The first kappa shape index (κ1) is 11.3. The third-order valence-electron chi connectivity index (χ3n) is 2.78. The van der Waals surface area contributed by atoms with Gasteiger partial charge in [-0.05, 0) is 44.4 Å². The van der Waals surface area contributed by atoms with Crippen molar-refractivity contribution in [3.05, 3.63) is 29.3 Å². The molecular formula is C12H13F3O. The van der Waals surface area contributed by atoms with Crippen molar-refractivity contribution in [3.8, 4) is 5.75 Å². The Morgan fingerprint density at radius 3 is 2.56 bits per heavy atom. The third kappa shape index (κ3) is 2.15. The molecule has 0 spiro atoms. The van der Waals surface area contributed by atoms with Gasteiger partial charge in [-0.25, -0.2) is 0 Å². The fraction of sp³-hybridized carbons (Fsp3) is 0.500. The van der Waals surface area contributed by atoms with Crippen LogP contribution in [0.3, 0.4) is 0 Å². The Kier molecular flexibility index (Phi) is 2.40. The summed E-state index contributed by atoms with van der Waals surface area (Å²) in [7, 11) is 0. The molecule has 2 rings (SSSR count). The molecule has 0 bridgehead atoms. The van der Waals surface area contributed by atoms with Crippen molar-refractivity contribution >= 4 is 0 Å². The van der Waals surface area contributed by atoms with Crippen molar-refractivity contribution in [2.24, 2.45) is 0 Å². The smallest absolute Gasteiger partial charge is 0.416 e. The van der Waals surface area contributed by atoms with Gasteiger partial charge in [-0.3, -0.25) is 0 Å². The molecule has 1 nitrogen and oxygen atoms in total. The highest BCUT2D eigenvalue weighted by atomic mass is 19.4. The first-order valence-corrected chi connectivity index (χ1v) is 5.17. The lowest BCUT2D eigenvalue weighted by molar-refractivity contribution is -0.137. The SMILES string of the molecule is CC1(C)CCc2ccc(C(F)(F)F)cc2O1. The van der Waals surface area contributed by atoms with Crippen molar-refractivity contribution in [2.45, 2.75) is 38.5 Å². The Morgan fingerprint density at radius 1 is 1.25 bits per heavy atom. The van der Waals surface area contributed by atoms with Crippen LogP contribution in [0.5, 0.6) is 5.75 Å². The number of benzene rings is 1. The van der Waals surface area contributed by atoms with E-state index in [1.807, 2.05) is 13.8 Å². The van der Waals surface area contributed by atoms with E-state index in [1.54, 1.807) is 0 Å². The number of fused-ring (bicyclic) bond motifs is 1. The minimum atomic E-state index is -4.31. The fourth-order valence-electron chi connectivity index (χ4n) is 1.82. The van der Waals surface area contributed by atoms with Crippen molar-refractivity contribution in [3.63, 3.8) is 0 Å². The molecule has 1 aliphatic heterocycles. The molecule has 0 N–H and O–H groups in total. The average molecular weight is 230 g/mol. The maximum atomic E-state index is 12.5. The summed E-state index contributed by atoms with van der Waals surface area (Å²) in [6, 6.07) is 3.71. The van der Waals surface area contributed by atoms with E-state index in [4.69, 9.17) is 4.74 Å². The highest BCUT2D eigenvalue weighted by molar-refractivity contribution is 5.40. The summed E-state index contributed by atoms with van der Waals surface area (Å²) >= 11 is 0. The van der Waals surface area contributed by atoms with Gasteiger partial charge in [-0.2, -0.15) is 13.2 Å². The van der Waals surface area contributed by atoms with Crippen LogP contribution in [0.4, 0.5) is 13.2 Å². The number of ether oxygens (including phenoxy) is 1. The number of rotatable bonds is 0. The van der Waals surface area contributed by atoms with Crippen molar-refractivity contribution in [1.82, 2.24) is 0 Å². The van der Waals surface area contributed by atoms with Gasteiger partial charge in [0, 0.05) is 0 Å². The van der Waals surface area contributed by atoms with Crippen molar-refractivity contribution < 1.29 is 17.9 Å². The Labute approximate surface area is 92.2 Å². The van der Waals surface area contributed by atoms with Crippen LogP contribution in [0.1, 0.15) is 31.4 Å². The predicted octanol–water partition coefficient (Wildman–Crippen LogP) is 3.81. The van der Waals surface area contributed by atoms with Crippen LogP contribution in [0.15, 0.2) is 18.2 Å². The third-order valence-corrected chi connectivity index (χ3v) is 2.78. The fourth-order valence-corrected chi connectivity index (χ4v) is 1.82. The van der Waals surface area contributed by atoms with Crippen LogP contribution in [-0.4, -0.2) is 5.60 Å². The maximum absolute atomic E-state index is 12.5. The van der Waals surface area contributed by atoms with Crippen LogP contribution in [-0.2, 0) is 12.6 Å². The summed E-state index contributed by atoms with van der Waals surface area (Å²) in [5.41, 5.74) is -0.173. The molecule has 4 heteroatoms. The van der Waals surface area contributed by atoms with E-state index in [0.717, 1.165) is 30.5 Å². The molecule has 0 aromatic heterocycles. The van der Waals surface area contributed by atoms with Crippen LogP contribution < -0.4 is 4.74 Å². The molecule has 1 heterocycles. The van der Waals surface area contributed by atoms with Gasteiger partial charge in [0.15, 0.2) is 0 Å². The van der Waals surface area contributed by atoms with Gasteiger partial charge in [0.2, 0.25) is 0 Å². The van der Waals surface area contributed by atoms with Gasteiger partial charge in [0.1, 0.15) is 11.4 Å². The molecule has 0 atom stereocenters. The summed E-state index contributed by atoms with van der Waals surface area (Å²) in [6.45, 7) is 3.77. The first-order valence-electron chi connectivity index (χ1n) is 5.17. The van der Waals surface area contributed by atoms with Crippen molar-refractivity contribution in [1.29, 1.82) is 0 Å². The topological polar surface area (TPSA) is 9.23 Å². The average Bonchev–Trinajstić information content (AvgIpc) is 2.13. The molecule has 0 unspecified atom stereocenters. The Morgan fingerprint density at radius 2 is 1.94 bits per heavy atom. The molecule has 1 aliphatic rings. The summed E-state index contributed by atoms with van der Waals surface area (Å²) in [4.78, 5) is 0. The molecule has 0 fully saturated rings. The van der Waals surface area contributed by atoms with E-state index in [0.29, 0.717) is 5.75 Å². The monoisotopic (exact) mass is 230 g/mol. The molecule has 0 radical (unpaired) electrons. The van der Waals surface area contributed by atoms with Gasteiger partial charge >= 0.3 is 6.18 Å². The zero-order chi connectivity index (χ0) is 12.0. The molecule has 0 amide bonds. The van der Waals surface area contributed by atoms with E-state index in [2.05, 4.69) is 0 Å². The largest absolute Gasteiger partial charge is 0.488 e. The second-order valence-corrected chi connectivity index (χ2v) is 4.68. The predicted molar refractivity (Wildman–Crippen MR) is 54.5 cm³/mol. The number of aryl methyl sites for hydroxylation is 1. The summed E-state index contributed by atoms with van der Waals surface area (Å²) in [6.07, 6.45) is -2.72. The van der Waals surface area contributed by atoms with E-state index in [9.17, 15) is 13.2 Å². The lowest BCUT2D eigenvalue weighted by atomic mass is 9.93. The normalized spacial score (nSPS) is 18.8. The zero-order valence-corrected chi connectivity index (χ0v) is 9.19. The number of halogens is 3. The lowest BCUT2D eigenvalue weighted by Gasteiger charge is -2.32. The summed E-state index contributed by atoms with van der Waals surface area (Å²) in [5.74, 6) is 0.367. The van der Waals surface area contributed by atoms with Crippen LogP contribution >= 0.6 is 0 Å². The number of alkyl halides is 3. The number of hydrogen-bond acceptors (Lipinski definition) is 1. The molecule has 88 valence electrons. The second-order valence-electron chi connectivity index (χ2n) is 4.68. The Balaban J connectivity index is 2.39. The first-order chi connectivity index (χ1) is 7.28. The van der Waals surface area contributed by atoms with E-state index >= 15 is 0 Å². The van der Waals surface area contributed by atoms with Crippen LogP contribution in [0, 0.1) is 0 Å². The quantitative estimate of drug-likeness (QED) is 0.658. The molecule has 1 aromatic carbocycles. The van der Waals surface area contributed by atoms with E-state index in [1.165, 1.54) is 6.07 Å². The van der Waals surface area contributed by atoms with Gasteiger partial charge in [0.25, 0.3) is 0 Å². The van der Waals surface area contributed by atoms with Gasteiger partial charge in [-0.1, -0.05) is 6.07 Å². The standard InChI is InChI=1S/C12H13F3O/c1-11(2)6-5-8-3-4-9(12(13,14)15)7-10(8)16-11/h3-4,7H,5-6H2,1-2H3. The van der Waals surface area contributed by atoms with Gasteiger partial charge in [0.05, 0.1) is 5.56 Å². The minimum absolute atomic E-state index is 0.367. The van der Waals surface area contributed by atoms with E-state index in [-0.39, 0.29) is 5.60 Å². The maximum Gasteiger partial charge on any atom is 0.416 e. The Bertz CT molecular complexity index is 407. The number of hydrogen-bond donors (Lipinski definition) is 0. The van der Waals surface area contributed by atoms with Crippen LogP contribution in [0.25, 0.3) is 0 Å².